The first-order valence-electron chi connectivity index (χ1n) is 29.4. The van der Waals surface area contributed by atoms with E-state index in [1.807, 2.05) is 0 Å². The zero-order valence-electron chi connectivity index (χ0n) is 46.2. The maximum atomic E-state index is 12.9. The summed E-state index contributed by atoms with van der Waals surface area (Å²) in [6, 6.07) is 0. The summed E-state index contributed by atoms with van der Waals surface area (Å²) in [5, 5.41) is 0. The average Bonchev–Trinajstić information content (AvgIpc) is 3.37. The molecule has 0 aliphatic rings. The third-order valence-corrected chi connectivity index (χ3v) is 12.3. The molecule has 0 aromatic heterocycles. The molecule has 0 aromatic rings. The lowest BCUT2D eigenvalue weighted by Crippen LogP contribution is -2.30. The van der Waals surface area contributed by atoms with Crippen molar-refractivity contribution in [1.29, 1.82) is 0 Å². The second-order valence-electron chi connectivity index (χ2n) is 19.2. The van der Waals surface area contributed by atoms with E-state index in [9.17, 15) is 14.4 Å². The number of esters is 3. The predicted molar refractivity (Wildman–Crippen MR) is 307 cm³/mol. The van der Waals surface area contributed by atoms with E-state index in [2.05, 4.69) is 130 Å². The highest BCUT2D eigenvalue weighted by Gasteiger charge is 2.19. The summed E-state index contributed by atoms with van der Waals surface area (Å²) in [4.78, 5) is 38.2. The minimum atomic E-state index is -0.802. The molecule has 1 unspecified atom stereocenters. The van der Waals surface area contributed by atoms with E-state index in [-0.39, 0.29) is 31.1 Å². The number of rotatable bonds is 52. The normalized spacial score (nSPS) is 12.9. The Morgan fingerprint density at radius 3 is 1.04 bits per heavy atom. The zero-order valence-corrected chi connectivity index (χ0v) is 46.2. The molecule has 0 amide bonds. The van der Waals surface area contributed by atoms with Crippen molar-refractivity contribution in [3.05, 3.63) is 109 Å². The molecule has 0 bridgehead atoms. The van der Waals surface area contributed by atoms with Gasteiger partial charge in [-0.2, -0.15) is 0 Å². The van der Waals surface area contributed by atoms with Gasteiger partial charge in [0.2, 0.25) is 0 Å². The fourth-order valence-electron chi connectivity index (χ4n) is 7.93. The highest BCUT2D eigenvalue weighted by Crippen LogP contribution is 2.15. The van der Waals surface area contributed by atoms with E-state index < -0.39 is 6.10 Å². The third-order valence-electron chi connectivity index (χ3n) is 12.3. The molecule has 1 atom stereocenters. The van der Waals surface area contributed by atoms with Crippen LogP contribution in [-0.4, -0.2) is 37.2 Å². The third kappa shape index (κ3) is 56.9. The van der Waals surface area contributed by atoms with Crippen molar-refractivity contribution in [3.63, 3.8) is 0 Å². The van der Waals surface area contributed by atoms with E-state index >= 15 is 0 Å². The van der Waals surface area contributed by atoms with E-state index in [0.717, 1.165) is 109 Å². The van der Waals surface area contributed by atoms with Crippen molar-refractivity contribution in [2.45, 2.75) is 271 Å². The Bertz CT molecular complexity index is 1460. The van der Waals surface area contributed by atoms with Crippen molar-refractivity contribution < 1.29 is 28.6 Å². The van der Waals surface area contributed by atoms with Gasteiger partial charge >= 0.3 is 17.9 Å². The molecule has 6 nitrogen and oxygen atoms in total. The van der Waals surface area contributed by atoms with E-state index in [4.69, 9.17) is 14.2 Å². The molecule has 71 heavy (non-hydrogen) atoms. The van der Waals surface area contributed by atoms with Crippen LogP contribution in [-0.2, 0) is 28.6 Å². The van der Waals surface area contributed by atoms with Gasteiger partial charge in [0.15, 0.2) is 6.10 Å². The molecule has 0 aliphatic heterocycles. The van der Waals surface area contributed by atoms with Gasteiger partial charge in [0.05, 0.1) is 0 Å². The summed E-state index contributed by atoms with van der Waals surface area (Å²) in [5.41, 5.74) is 0. The Morgan fingerprint density at radius 2 is 0.620 bits per heavy atom. The maximum Gasteiger partial charge on any atom is 0.306 e. The lowest BCUT2D eigenvalue weighted by atomic mass is 10.1. The second kappa shape index (κ2) is 58.6. The molecule has 0 spiro atoms. The maximum absolute atomic E-state index is 12.9. The summed E-state index contributed by atoms with van der Waals surface area (Å²) in [6.45, 7) is 6.36. The summed E-state index contributed by atoms with van der Waals surface area (Å²) in [6.07, 6.45) is 79.4. The van der Waals surface area contributed by atoms with Crippen molar-refractivity contribution in [3.8, 4) is 0 Å². The molecule has 0 heterocycles. The number of carbonyl (C=O) groups is 3. The molecule has 0 saturated carbocycles. The Balaban J connectivity index is 4.47. The van der Waals surface area contributed by atoms with Crippen molar-refractivity contribution in [1.82, 2.24) is 0 Å². The largest absolute Gasteiger partial charge is 0.462 e. The number of ether oxygens (including phenoxy) is 3. The molecule has 0 rings (SSSR count). The molecule has 0 saturated heterocycles. The van der Waals surface area contributed by atoms with Crippen LogP contribution in [0.1, 0.15) is 265 Å². The Hall–Kier alpha value is -3.93. The summed E-state index contributed by atoms with van der Waals surface area (Å²) < 4.78 is 16.9. The van der Waals surface area contributed by atoms with E-state index in [1.54, 1.807) is 0 Å². The molecule has 6 heteroatoms. The van der Waals surface area contributed by atoms with Gasteiger partial charge in [-0.15, -0.1) is 0 Å². The summed E-state index contributed by atoms with van der Waals surface area (Å²) in [7, 11) is 0. The lowest BCUT2D eigenvalue weighted by Gasteiger charge is -2.18. The van der Waals surface area contributed by atoms with Gasteiger partial charge in [0.1, 0.15) is 13.2 Å². The molecule has 404 valence electrons. The first kappa shape index (κ1) is 67.1. The molecule has 0 radical (unpaired) electrons. The lowest BCUT2D eigenvalue weighted by molar-refractivity contribution is -0.167. The smallest absolute Gasteiger partial charge is 0.306 e. The topological polar surface area (TPSA) is 78.9 Å². The number of unbranched alkanes of at least 4 members (excludes halogenated alkanes) is 25. The average molecular weight is 986 g/mol. The molecule has 0 aromatic carbocycles. The summed E-state index contributed by atoms with van der Waals surface area (Å²) in [5.74, 6) is -0.944. The van der Waals surface area contributed by atoms with Crippen LogP contribution in [0.15, 0.2) is 109 Å². The first-order chi connectivity index (χ1) is 35.0. The minimum absolute atomic E-state index is 0.0981. The SMILES string of the molecule is CC\C=C/C=C\C=C/CCCCCCCCCC(=O)OCC(COC(=O)CCCCC/C=C\C/C=C\C/C=C\C/C=C\C/C=C\CC)OC(=O)CCCCCCCCC/C=C\CCCCCCCCCC. The zero-order chi connectivity index (χ0) is 51.4. The number of allylic oxidation sites excluding steroid dienone is 18. The second-order valence-corrected chi connectivity index (χ2v) is 19.2. The van der Waals surface area contributed by atoms with Gasteiger partial charge in [-0.05, 0) is 109 Å². The Labute approximate surface area is 438 Å². The van der Waals surface area contributed by atoms with E-state index in [0.29, 0.717) is 19.3 Å². The van der Waals surface area contributed by atoms with Crippen molar-refractivity contribution >= 4 is 17.9 Å². The minimum Gasteiger partial charge on any atom is -0.462 e. The monoisotopic (exact) mass is 985 g/mol. The number of carbonyl (C=O) groups excluding carboxylic acids is 3. The molecule has 0 fully saturated rings. The highest BCUT2D eigenvalue weighted by molar-refractivity contribution is 5.71. The fraction of sp³-hybridized carbons (Fsp3) is 0.677. The van der Waals surface area contributed by atoms with Gasteiger partial charge in [-0.1, -0.05) is 246 Å². The van der Waals surface area contributed by atoms with Crippen molar-refractivity contribution in [2.75, 3.05) is 13.2 Å². The van der Waals surface area contributed by atoms with Crippen LogP contribution in [0.2, 0.25) is 0 Å². The number of hydrogen-bond acceptors (Lipinski definition) is 6. The Kier molecular flexibility index (Phi) is 55.4. The van der Waals surface area contributed by atoms with Gasteiger partial charge in [-0.25, -0.2) is 0 Å². The fourth-order valence-corrected chi connectivity index (χ4v) is 7.93. The van der Waals surface area contributed by atoms with Crippen LogP contribution in [0.25, 0.3) is 0 Å². The first-order valence-corrected chi connectivity index (χ1v) is 29.4. The van der Waals surface area contributed by atoms with Crippen LogP contribution in [0.5, 0.6) is 0 Å². The highest BCUT2D eigenvalue weighted by atomic mass is 16.6. The molecule has 0 N–H and O–H groups in total. The van der Waals surface area contributed by atoms with Crippen LogP contribution < -0.4 is 0 Å². The van der Waals surface area contributed by atoms with Gasteiger partial charge < -0.3 is 14.2 Å². The van der Waals surface area contributed by atoms with Crippen LogP contribution in [0.3, 0.4) is 0 Å². The number of hydrogen-bond donors (Lipinski definition) is 0. The van der Waals surface area contributed by atoms with Crippen LogP contribution in [0, 0.1) is 0 Å². The summed E-state index contributed by atoms with van der Waals surface area (Å²) >= 11 is 0. The van der Waals surface area contributed by atoms with Crippen molar-refractivity contribution in [2.24, 2.45) is 0 Å². The van der Waals surface area contributed by atoms with Crippen LogP contribution in [0.4, 0.5) is 0 Å². The van der Waals surface area contributed by atoms with Gasteiger partial charge in [-0.3, -0.25) is 14.4 Å². The molecule has 0 aliphatic carbocycles. The van der Waals surface area contributed by atoms with Crippen LogP contribution >= 0.6 is 0 Å². The van der Waals surface area contributed by atoms with Gasteiger partial charge in [0, 0.05) is 19.3 Å². The molecular weight excluding hydrogens is 877 g/mol. The predicted octanol–water partition coefficient (Wildman–Crippen LogP) is 19.9. The molecular formula is C65H108O6. The van der Waals surface area contributed by atoms with E-state index in [1.165, 1.54) is 116 Å². The Morgan fingerprint density at radius 1 is 0.310 bits per heavy atom. The quantitative estimate of drug-likeness (QED) is 0.0199. The standard InChI is InChI=1S/C65H108O6/c1-4-7-10-13-16-19-22-25-28-30-32-34-37-40-43-46-49-52-55-58-64(67)70-61-62(60-69-63(66)57-54-51-48-45-42-39-36-27-24-21-18-15-12-9-6-3)71-65(68)59-56-53-50-47-44-41-38-35-33-31-29-26-23-20-17-14-11-8-5-2/h7,9-10,12,15-16,18-19,21,24-25,28,31-34,40,43,62H,4-6,8,11,13-14,17,20,22-23,26-27,29-30,35-39,41-42,44-61H2,1-3H3/b10-7-,12-9-,18-15-,19-16-,24-21-,28-25-,33-31-,34-32-,43-40-. The van der Waals surface area contributed by atoms with Gasteiger partial charge in [0.25, 0.3) is 0 Å².